The molecule has 0 spiro atoms. The minimum absolute atomic E-state index is 0.196. The fraction of sp³-hybridized carbons (Fsp3) is 0.769. The SMILES string of the molecule is CCC1CCCCC1N=C(SC)C(C#N)C(=O)O. The van der Waals surface area contributed by atoms with Gasteiger partial charge >= 0.3 is 5.97 Å². The van der Waals surface area contributed by atoms with E-state index in [2.05, 4.69) is 11.9 Å². The standard InChI is InChI=1S/C13H20N2O2S/c1-3-9-6-4-5-7-11(9)15-12(18-2)10(8-14)13(16)17/h9-11H,3-7H2,1-2H3,(H,16,17). The number of carboxylic acids is 1. The molecule has 4 nitrogen and oxygen atoms in total. The first kappa shape index (κ1) is 15.0. The molecule has 0 heterocycles. The molecule has 0 radical (unpaired) electrons. The van der Waals surface area contributed by atoms with Gasteiger partial charge in [0.2, 0.25) is 0 Å². The number of carbonyl (C=O) groups is 1. The van der Waals surface area contributed by atoms with Gasteiger partial charge in [-0.1, -0.05) is 26.2 Å². The lowest BCUT2D eigenvalue weighted by atomic mass is 9.83. The quantitative estimate of drug-likeness (QED) is 0.628. The second-order valence-electron chi connectivity index (χ2n) is 4.59. The molecule has 5 heteroatoms. The molecule has 1 aliphatic carbocycles. The van der Waals surface area contributed by atoms with E-state index in [0.29, 0.717) is 11.0 Å². The van der Waals surface area contributed by atoms with Gasteiger partial charge in [-0.05, 0) is 25.0 Å². The van der Waals surface area contributed by atoms with Gasteiger partial charge in [0.25, 0.3) is 0 Å². The molecule has 1 aliphatic rings. The van der Waals surface area contributed by atoms with E-state index < -0.39 is 11.9 Å². The van der Waals surface area contributed by atoms with Crippen molar-refractivity contribution in [1.29, 1.82) is 5.26 Å². The number of hydrogen-bond acceptors (Lipinski definition) is 4. The summed E-state index contributed by atoms with van der Waals surface area (Å²) >= 11 is 1.28. The van der Waals surface area contributed by atoms with Gasteiger partial charge in [-0.3, -0.25) is 9.79 Å². The van der Waals surface area contributed by atoms with Crippen molar-refractivity contribution in [2.75, 3.05) is 6.26 Å². The monoisotopic (exact) mass is 268 g/mol. The van der Waals surface area contributed by atoms with Crippen LogP contribution >= 0.6 is 11.8 Å². The van der Waals surface area contributed by atoms with Gasteiger partial charge in [-0.2, -0.15) is 5.26 Å². The second-order valence-corrected chi connectivity index (χ2v) is 5.42. The lowest BCUT2D eigenvalue weighted by molar-refractivity contribution is -0.137. The van der Waals surface area contributed by atoms with Crippen LogP contribution in [0.4, 0.5) is 0 Å². The maximum absolute atomic E-state index is 11.0. The lowest BCUT2D eigenvalue weighted by Crippen LogP contribution is -2.27. The zero-order valence-electron chi connectivity index (χ0n) is 10.9. The Bertz CT molecular complexity index is 362. The largest absolute Gasteiger partial charge is 0.480 e. The first-order chi connectivity index (χ1) is 8.63. The molecular formula is C13H20N2O2S. The highest BCUT2D eigenvalue weighted by Crippen LogP contribution is 2.30. The summed E-state index contributed by atoms with van der Waals surface area (Å²) in [6.45, 7) is 2.15. The van der Waals surface area contributed by atoms with Crippen molar-refractivity contribution >= 4 is 22.8 Å². The molecule has 1 N–H and O–H groups in total. The van der Waals surface area contributed by atoms with E-state index in [1.807, 2.05) is 6.07 Å². The van der Waals surface area contributed by atoms with E-state index in [9.17, 15) is 4.79 Å². The molecule has 0 aromatic carbocycles. The van der Waals surface area contributed by atoms with Crippen LogP contribution < -0.4 is 0 Å². The Labute approximate surface area is 112 Å². The smallest absolute Gasteiger partial charge is 0.327 e. The van der Waals surface area contributed by atoms with Gasteiger partial charge < -0.3 is 5.11 Å². The van der Waals surface area contributed by atoms with Crippen LogP contribution in [0.5, 0.6) is 0 Å². The molecule has 1 saturated carbocycles. The molecule has 0 amide bonds. The third-order valence-electron chi connectivity index (χ3n) is 3.52. The molecule has 0 aromatic heterocycles. The summed E-state index contributed by atoms with van der Waals surface area (Å²) < 4.78 is 0. The maximum atomic E-state index is 11.0. The number of hydrogen-bond donors (Lipinski definition) is 1. The number of thioether (sulfide) groups is 1. The predicted molar refractivity (Wildman–Crippen MR) is 73.7 cm³/mol. The highest BCUT2D eigenvalue weighted by atomic mass is 32.2. The van der Waals surface area contributed by atoms with Crippen molar-refractivity contribution in [2.24, 2.45) is 16.8 Å². The van der Waals surface area contributed by atoms with Gasteiger partial charge in [0, 0.05) is 0 Å². The van der Waals surface area contributed by atoms with Crippen molar-refractivity contribution in [3.63, 3.8) is 0 Å². The van der Waals surface area contributed by atoms with Gasteiger partial charge in [0.15, 0.2) is 5.92 Å². The molecule has 3 unspecified atom stereocenters. The molecular weight excluding hydrogens is 248 g/mol. The maximum Gasteiger partial charge on any atom is 0.327 e. The molecule has 100 valence electrons. The number of nitrogens with zero attached hydrogens (tertiary/aromatic N) is 2. The third-order valence-corrected chi connectivity index (χ3v) is 4.28. The minimum Gasteiger partial charge on any atom is -0.480 e. The van der Waals surface area contributed by atoms with Crippen molar-refractivity contribution < 1.29 is 9.90 Å². The van der Waals surface area contributed by atoms with Gasteiger partial charge in [0.05, 0.1) is 17.2 Å². The summed E-state index contributed by atoms with van der Waals surface area (Å²) in [5.41, 5.74) is 0. The van der Waals surface area contributed by atoms with Gasteiger partial charge in [-0.15, -0.1) is 11.8 Å². The lowest BCUT2D eigenvalue weighted by Gasteiger charge is -2.28. The second kappa shape index (κ2) is 7.42. The summed E-state index contributed by atoms with van der Waals surface area (Å²) in [6.07, 6.45) is 7.42. The molecule has 1 fully saturated rings. The van der Waals surface area contributed by atoms with E-state index in [1.165, 1.54) is 18.2 Å². The Morgan fingerprint density at radius 1 is 1.56 bits per heavy atom. The average molecular weight is 268 g/mol. The predicted octanol–water partition coefficient (Wildman–Crippen LogP) is 2.94. The molecule has 3 atom stereocenters. The molecule has 0 saturated heterocycles. The number of carboxylic acid groups (broad SMARTS) is 1. The number of aliphatic carboxylic acids is 1. The highest BCUT2D eigenvalue weighted by Gasteiger charge is 2.28. The fourth-order valence-corrected chi connectivity index (χ4v) is 3.09. The molecule has 0 aliphatic heterocycles. The Morgan fingerprint density at radius 3 is 2.72 bits per heavy atom. The minimum atomic E-state index is -1.11. The van der Waals surface area contributed by atoms with Gasteiger partial charge in [0.1, 0.15) is 0 Å². The van der Waals surface area contributed by atoms with E-state index >= 15 is 0 Å². The average Bonchev–Trinajstić information content (AvgIpc) is 2.38. The van der Waals surface area contributed by atoms with Crippen LogP contribution in [-0.2, 0) is 4.79 Å². The normalized spacial score (nSPS) is 26.4. The van der Waals surface area contributed by atoms with Crippen LogP contribution in [0.1, 0.15) is 39.0 Å². The number of rotatable bonds is 4. The topological polar surface area (TPSA) is 73.5 Å². The molecule has 0 bridgehead atoms. The Balaban J connectivity index is 2.88. The summed E-state index contributed by atoms with van der Waals surface area (Å²) in [5.74, 6) is -1.68. The van der Waals surface area contributed by atoms with Crippen molar-refractivity contribution in [3.05, 3.63) is 0 Å². The van der Waals surface area contributed by atoms with Crippen LogP contribution in [0.3, 0.4) is 0 Å². The summed E-state index contributed by atoms with van der Waals surface area (Å²) in [7, 11) is 0. The molecule has 0 aromatic rings. The highest BCUT2D eigenvalue weighted by molar-refractivity contribution is 8.13. The van der Waals surface area contributed by atoms with Gasteiger partial charge in [-0.25, -0.2) is 0 Å². The van der Waals surface area contributed by atoms with Crippen LogP contribution in [0, 0.1) is 23.2 Å². The van der Waals surface area contributed by atoms with Crippen molar-refractivity contribution in [3.8, 4) is 6.07 Å². The van der Waals surface area contributed by atoms with Crippen LogP contribution in [0.2, 0.25) is 0 Å². The fourth-order valence-electron chi connectivity index (χ4n) is 2.46. The first-order valence-corrected chi connectivity index (χ1v) is 7.60. The Hall–Kier alpha value is -1.02. The van der Waals surface area contributed by atoms with Crippen LogP contribution in [-0.4, -0.2) is 28.4 Å². The van der Waals surface area contributed by atoms with E-state index in [-0.39, 0.29) is 6.04 Å². The number of nitriles is 1. The summed E-state index contributed by atoms with van der Waals surface area (Å²) in [5, 5.41) is 18.4. The molecule has 18 heavy (non-hydrogen) atoms. The molecule has 1 rings (SSSR count). The zero-order valence-corrected chi connectivity index (χ0v) is 11.7. The number of aliphatic imine (C=N–C) groups is 1. The Kier molecular flexibility index (Phi) is 6.20. The van der Waals surface area contributed by atoms with Crippen molar-refractivity contribution in [2.45, 2.75) is 45.1 Å². The third kappa shape index (κ3) is 3.74. The first-order valence-electron chi connectivity index (χ1n) is 6.38. The van der Waals surface area contributed by atoms with E-state index in [1.54, 1.807) is 6.26 Å². The van der Waals surface area contributed by atoms with E-state index in [0.717, 1.165) is 25.7 Å². The van der Waals surface area contributed by atoms with Crippen LogP contribution in [0.15, 0.2) is 4.99 Å². The summed E-state index contributed by atoms with van der Waals surface area (Å²) in [4.78, 5) is 15.6. The van der Waals surface area contributed by atoms with E-state index in [4.69, 9.17) is 10.4 Å². The van der Waals surface area contributed by atoms with Crippen LogP contribution in [0.25, 0.3) is 0 Å². The summed E-state index contributed by atoms with van der Waals surface area (Å²) in [6, 6.07) is 2.02. The van der Waals surface area contributed by atoms with Crippen molar-refractivity contribution in [1.82, 2.24) is 0 Å². The zero-order chi connectivity index (χ0) is 13.5. The Morgan fingerprint density at radius 2 is 2.22 bits per heavy atom.